The van der Waals surface area contributed by atoms with E-state index in [1.807, 2.05) is 12.1 Å². The summed E-state index contributed by atoms with van der Waals surface area (Å²) in [5.74, 6) is -0.193. The number of sulfonamides is 1. The highest BCUT2D eigenvalue weighted by Gasteiger charge is 2.20. The average Bonchev–Trinajstić information content (AvgIpc) is 2.64. The van der Waals surface area contributed by atoms with Crippen molar-refractivity contribution in [3.63, 3.8) is 0 Å². The van der Waals surface area contributed by atoms with Crippen LogP contribution in [0.4, 0.5) is 4.39 Å². The van der Waals surface area contributed by atoms with Crippen molar-refractivity contribution in [3.05, 3.63) is 65.5 Å². The maximum absolute atomic E-state index is 13.6. The molecule has 0 aliphatic heterocycles. The van der Waals surface area contributed by atoms with E-state index in [2.05, 4.69) is 5.32 Å². The maximum Gasteiger partial charge on any atom is 0.235 e. The van der Waals surface area contributed by atoms with Gasteiger partial charge in [0.15, 0.2) is 0 Å². The number of halogens is 1. The number of carbonyl (C=O) groups is 1. The van der Waals surface area contributed by atoms with Gasteiger partial charge in [-0.05, 0) is 30.2 Å². The smallest absolute Gasteiger partial charge is 0.235 e. The summed E-state index contributed by atoms with van der Waals surface area (Å²) in [6.45, 7) is -0.149. The number of rotatable bonds is 9. The molecule has 0 saturated carbocycles. The molecule has 0 spiro atoms. The number of nitrogens with one attached hydrogen (secondary N) is 1. The van der Waals surface area contributed by atoms with Gasteiger partial charge in [0.25, 0.3) is 0 Å². The number of hydrogen-bond acceptors (Lipinski definition) is 4. The summed E-state index contributed by atoms with van der Waals surface area (Å²) >= 11 is 0. The van der Waals surface area contributed by atoms with Crippen LogP contribution in [0.1, 0.15) is 11.1 Å². The van der Waals surface area contributed by atoms with Crippen LogP contribution in [-0.4, -0.2) is 45.1 Å². The monoisotopic (exact) mass is 394 g/mol. The molecule has 2 aromatic rings. The first-order chi connectivity index (χ1) is 12.8. The Bertz CT molecular complexity index is 870. The first kappa shape index (κ1) is 20.9. The van der Waals surface area contributed by atoms with Gasteiger partial charge in [0.2, 0.25) is 15.9 Å². The molecule has 6 nitrogen and oxygen atoms in total. The number of methoxy groups -OCH3 is 1. The standard InChI is InChI=1S/C19H23FN2O4S/c1-26-17-9-7-15(8-10-17)11-12-22(27(2,24)25)14-19(23)21-13-16-5-3-4-6-18(16)20/h3-10H,11-14H2,1-2H3,(H,21,23). The Kier molecular flexibility index (Phi) is 7.32. The Morgan fingerprint density at radius 1 is 1.15 bits per heavy atom. The molecule has 1 amide bonds. The predicted molar refractivity (Wildman–Crippen MR) is 101 cm³/mol. The van der Waals surface area contributed by atoms with E-state index in [1.165, 1.54) is 6.07 Å². The van der Waals surface area contributed by atoms with Crippen LogP contribution in [0.25, 0.3) is 0 Å². The van der Waals surface area contributed by atoms with E-state index in [0.717, 1.165) is 16.1 Å². The van der Waals surface area contributed by atoms with Gasteiger partial charge in [0, 0.05) is 18.7 Å². The quantitative estimate of drug-likeness (QED) is 0.705. The number of benzene rings is 2. The molecule has 0 atom stereocenters. The van der Waals surface area contributed by atoms with Crippen molar-refractivity contribution >= 4 is 15.9 Å². The van der Waals surface area contributed by atoms with Gasteiger partial charge in [-0.3, -0.25) is 4.79 Å². The Balaban J connectivity index is 1.93. The molecule has 0 fully saturated rings. The highest BCUT2D eigenvalue weighted by molar-refractivity contribution is 7.88. The summed E-state index contributed by atoms with van der Waals surface area (Å²) < 4.78 is 43.7. The Labute approximate surface area is 159 Å². The topological polar surface area (TPSA) is 75.7 Å². The van der Waals surface area contributed by atoms with E-state index in [1.54, 1.807) is 37.4 Å². The van der Waals surface area contributed by atoms with Crippen molar-refractivity contribution in [1.29, 1.82) is 0 Å². The lowest BCUT2D eigenvalue weighted by molar-refractivity contribution is -0.121. The Morgan fingerprint density at radius 3 is 2.41 bits per heavy atom. The molecule has 0 aliphatic rings. The Hall–Kier alpha value is -2.45. The van der Waals surface area contributed by atoms with Gasteiger partial charge >= 0.3 is 0 Å². The van der Waals surface area contributed by atoms with Crippen LogP contribution in [-0.2, 0) is 27.8 Å². The molecule has 0 saturated heterocycles. The third-order valence-corrected chi connectivity index (χ3v) is 5.28. The molecule has 2 rings (SSSR count). The van der Waals surface area contributed by atoms with E-state index in [4.69, 9.17) is 4.74 Å². The Morgan fingerprint density at radius 2 is 1.81 bits per heavy atom. The lowest BCUT2D eigenvalue weighted by Gasteiger charge is -2.19. The molecule has 8 heteroatoms. The summed E-state index contributed by atoms with van der Waals surface area (Å²) in [5.41, 5.74) is 1.27. The molecule has 27 heavy (non-hydrogen) atoms. The third kappa shape index (κ3) is 6.65. The van der Waals surface area contributed by atoms with Crippen LogP contribution >= 0.6 is 0 Å². The summed E-state index contributed by atoms with van der Waals surface area (Å²) in [5, 5.41) is 2.55. The molecule has 0 unspecified atom stereocenters. The van der Waals surface area contributed by atoms with Crippen molar-refractivity contribution in [1.82, 2.24) is 9.62 Å². The van der Waals surface area contributed by atoms with Crippen LogP contribution in [0.2, 0.25) is 0 Å². The molecular formula is C19H23FN2O4S. The van der Waals surface area contributed by atoms with Crippen LogP contribution in [0, 0.1) is 5.82 Å². The molecular weight excluding hydrogens is 371 g/mol. The van der Waals surface area contributed by atoms with E-state index < -0.39 is 21.7 Å². The molecule has 0 aliphatic carbocycles. The number of nitrogens with zero attached hydrogens (tertiary/aromatic N) is 1. The minimum atomic E-state index is -3.56. The lowest BCUT2D eigenvalue weighted by atomic mass is 10.1. The van der Waals surface area contributed by atoms with Crippen molar-refractivity contribution in [2.45, 2.75) is 13.0 Å². The molecule has 0 radical (unpaired) electrons. The second kappa shape index (κ2) is 9.48. The minimum Gasteiger partial charge on any atom is -0.497 e. The van der Waals surface area contributed by atoms with Gasteiger partial charge in [-0.2, -0.15) is 4.31 Å². The van der Waals surface area contributed by atoms with Crippen LogP contribution in [0.3, 0.4) is 0 Å². The van der Waals surface area contributed by atoms with Crippen molar-refractivity contribution in [2.75, 3.05) is 26.5 Å². The van der Waals surface area contributed by atoms with Gasteiger partial charge in [-0.25, -0.2) is 12.8 Å². The number of hydrogen-bond donors (Lipinski definition) is 1. The summed E-state index contributed by atoms with van der Waals surface area (Å²) in [6.07, 6.45) is 1.52. The predicted octanol–water partition coefficient (Wildman–Crippen LogP) is 1.95. The summed E-state index contributed by atoms with van der Waals surface area (Å²) in [7, 11) is -1.99. The zero-order chi connectivity index (χ0) is 19.9. The first-order valence-electron chi connectivity index (χ1n) is 8.38. The zero-order valence-corrected chi connectivity index (χ0v) is 16.1. The zero-order valence-electron chi connectivity index (χ0n) is 15.3. The third-order valence-electron chi connectivity index (χ3n) is 4.03. The number of carbonyl (C=O) groups excluding carboxylic acids is 1. The van der Waals surface area contributed by atoms with Gasteiger partial charge in [0.1, 0.15) is 11.6 Å². The summed E-state index contributed by atoms with van der Waals surface area (Å²) in [6, 6.07) is 13.4. The highest BCUT2D eigenvalue weighted by Crippen LogP contribution is 2.12. The van der Waals surface area contributed by atoms with E-state index in [-0.39, 0.29) is 19.6 Å². The molecule has 0 aromatic heterocycles. The van der Waals surface area contributed by atoms with E-state index in [9.17, 15) is 17.6 Å². The molecule has 2 aromatic carbocycles. The second-order valence-corrected chi connectivity index (χ2v) is 8.05. The van der Waals surface area contributed by atoms with Crippen LogP contribution < -0.4 is 10.1 Å². The fourth-order valence-electron chi connectivity index (χ4n) is 2.46. The van der Waals surface area contributed by atoms with E-state index in [0.29, 0.717) is 17.7 Å². The SMILES string of the molecule is COc1ccc(CCN(CC(=O)NCc2ccccc2F)S(C)(=O)=O)cc1. The average molecular weight is 394 g/mol. The number of amides is 1. The number of ether oxygens (including phenoxy) is 1. The van der Waals surface area contributed by atoms with Crippen molar-refractivity contribution < 1.29 is 22.3 Å². The minimum absolute atomic E-state index is 0.00158. The lowest BCUT2D eigenvalue weighted by Crippen LogP contribution is -2.41. The van der Waals surface area contributed by atoms with Gasteiger partial charge in [-0.15, -0.1) is 0 Å². The van der Waals surface area contributed by atoms with Gasteiger partial charge < -0.3 is 10.1 Å². The highest BCUT2D eigenvalue weighted by atomic mass is 32.2. The first-order valence-corrected chi connectivity index (χ1v) is 10.2. The van der Waals surface area contributed by atoms with Crippen molar-refractivity contribution in [2.24, 2.45) is 0 Å². The maximum atomic E-state index is 13.6. The molecule has 0 bridgehead atoms. The van der Waals surface area contributed by atoms with Gasteiger partial charge in [0.05, 0.1) is 19.9 Å². The fourth-order valence-corrected chi connectivity index (χ4v) is 3.23. The normalized spacial score (nSPS) is 11.4. The van der Waals surface area contributed by atoms with Crippen molar-refractivity contribution in [3.8, 4) is 5.75 Å². The largest absolute Gasteiger partial charge is 0.497 e. The second-order valence-electron chi connectivity index (χ2n) is 6.06. The van der Waals surface area contributed by atoms with Gasteiger partial charge in [-0.1, -0.05) is 30.3 Å². The molecule has 1 N–H and O–H groups in total. The van der Waals surface area contributed by atoms with E-state index >= 15 is 0 Å². The van der Waals surface area contributed by atoms with Crippen LogP contribution in [0.15, 0.2) is 48.5 Å². The fraction of sp³-hybridized carbons (Fsp3) is 0.316. The van der Waals surface area contributed by atoms with Crippen LogP contribution in [0.5, 0.6) is 5.75 Å². The summed E-state index contributed by atoms with van der Waals surface area (Å²) in [4.78, 5) is 12.1. The molecule has 0 heterocycles. The molecule has 146 valence electrons.